The molecule has 136 valence electrons. The van der Waals surface area contributed by atoms with Crippen molar-refractivity contribution in [3.8, 4) is 5.69 Å². The van der Waals surface area contributed by atoms with Gasteiger partial charge in [0.05, 0.1) is 25.0 Å². The summed E-state index contributed by atoms with van der Waals surface area (Å²) in [6.07, 6.45) is -0.420. The van der Waals surface area contributed by atoms with Gasteiger partial charge < -0.3 is 9.84 Å². The molecular formula is C17H25N5O2S. The molecule has 7 nitrogen and oxygen atoms in total. The number of rotatable bonds is 7. The van der Waals surface area contributed by atoms with E-state index in [4.69, 9.17) is 4.74 Å². The van der Waals surface area contributed by atoms with E-state index in [-0.39, 0.29) is 0 Å². The topological polar surface area (TPSA) is 76.3 Å². The summed E-state index contributed by atoms with van der Waals surface area (Å²) < 4.78 is 7.05. The molecule has 1 N–H and O–H groups in total. The number of morpholine rings is 1. The molecule has 0 saturated carbocycles. The fraction of sp³-hybridized carbons (Fsp3) is 0.588. The summed E-state index contributed by atoms with van der Waals surface area (Å²) in [6.45, 7) is 8.23. The molecule has 0 radical (unpaired) electrons. The second-order valence-electron chi connectivity index (χ2n) is 6.50. The summed E-state index contributed by atoms with van der Waals surface area (Å²) in [6, 6.07) is 8.26. The van der Waals surface area contributed by atoms with Gasteiger partial charge in [-0.2, -0.15) is 4.68 Å². The normalized spacial score (nSPS) is 17.1. The molecular weight excluding hydrogens is 338 g/mol. The van der Waals surface area contributed by atoms with Gasteiger partial charge in [0.1, 0.15) is 0 Å². The fourth-order valence-corrected chi connectivity index (χ4v) is 3.54. The standard InChI is InChI=1S/C17H25N5O2S/c1-13(2)14-3-5-15(6-4-14)22-17(18-19-20-22)25-12-16(23)11-21-7-9-24-10-8-21/h3-6,13,16,23H,7-12H2,1-2H3/t16-/m1/s1. The number of ether oxygens (including phenoxy) is 1. The van der Waals surface area contributed by atoms with Crippen LogP contribution in [0.2, 0.25) is 0 Å². The van der Waals surface area contributed by atoms with Crippen LogP contribution < -0.4 is 0 Å². The Morgan fingerprint density at radius 2 is 1.92 bits per heavy atom. The first-order valence-corrected chi connectivity index (χ1v) is 9.61. The van der Waals surface area contributed by atoms with Gasteiger partial charge in [0.2, 0.25) is 5.16 Å². The first-order chi connectivity index (χ1) is 12.1. The molecule has 1 atom stereocenters. The lowest BCUT2D eigenvalue weighted by atomic mass is 10.0. The van der Waals surface area contributed by atoms with E-state index in [1.54, 1.807) is 4.68 Å². The van der Waals surface area contributed by atoms with E-state index >= 15 is 0 Å². The van der Waals surface area contributed by atoms with E-state index in [2.05, 4.69) is 46.4 Å². The minimum absolute atomic E-state index is 0.420. The molecule has 1 aliphatic heterocycles. The van der Waals surface area contributed by atoms with E-state index in [0.717, 1.165) is 32.0 Å². The highest BCUT2D eigenvalue weighted by Gasteiger charge is 2.17. The Morgan fingerprint density at radius 3 is 2.60 bits per heavy atom. The number of aliphatic hydroxyl groups excluding tert-OH is 1. The van der Waals surface area contributed by atoms with Crippen LogP contribution >= 0.6 is 11.8 Å². The molecule has 8 heteroatoms. The third kappa shape index (κ3) is 5.01. The summed E-state index contributed by atoms with van der Waals surface area (Å²) in [5, 5.41) is 22.9. The molecule has 0 unspecified atom stereocenters. The average molecular weight is 363 g/mol. The number of nitrogens with zero attached hydrogens (tertiary/aromatic N) is 5. The Kier molecular flexibility index (Phi) is 6.41. The van der Waals surface area contributed by atoms with Crippen LogP contribution in [0.15, 0.2) is 29.4 Å². The number of β-amino-alcohol motifs (C(OH)–C–C–N with tert-alkyl or cyclic N) is 1. The molecule has 0 spiro atoms. The second-order valence-corrected chi connectivity index (χ2v) is 7.48. The summed E-state index contributed by atoms with van der Waals surface area (Å²) in [4.78, 5) is 2.22. The van der Waals surface area contributed by atoms with Crippen molar-refractivity contribution in [3.63, 3.8) is 0 Å². The predicted molar refractivity (Wildman–Crippen MR) is 97.2 cm³/mol. The van der Waals surface area contributed by atoms with Crippen molar-refractivity contribution in [2.45, 2.75) is 31.0 Å². The highest BCUT2D eigenvalue weighted by molar-refractivity contribution is 7.99. The summed E-state index contributed by atoms with van der Waals surface area (Å²) >= 11 is 1.47. The lowest BCUT2D eigenvalue weighted by molar-refractivity contribution is 0.0188. The molecule has 25 heavy (non-hydrogen) atoms. The Morgan fingerprint density at radius 1 is 1.20 bits per heavy atom. The zero-order chi connectivity index (χ0) is 17.6. The number of benzene rings is 1. The van der Waals surface area contributed by atoms with Gasteiger partial charge in [-0.15, -0.1) is 5.10 Å². The maximum absolute atomic E-state index is 10.3. The SMILES string of the molecule is CC(C)c1ccc(-n2nnnc2SC[C@H](O)CN2CCOCC2)cc1. The maximum Gasteiger partial charge on any atom is 0.214 e. The molecule has 0 bridgehead atoms. The van der Waals surface area contributed by atoms with Crippen molar-refractivity contribution in [2.75, 3.05) is 38.6 Å². The predicted octanol–water partition coefficient (Wildman–Crippen LogP) is 1.57. The van der Waals surface area contributed by atoms with Crippen LogP contribution in [0.5, 0.6) is 0 Å². The van der Waals surface area contributed by atoms with Crippen LogP contribution in [0, 0.1) is 0 Å². The molecule has 2 aromatic rings. The Hall–Kier alpha value is -1.48. The van der Waals surface area contributed by atoms with Gasteiger partial charge in [-0.05, 0) is 34.0 Å². The molecule has 1 aromatic carbocycles. The first-order valence-electron chi connectivity index (χ1n) is 8.63. The van der Waals surface area contributed by atoms with Crippen LogP contribution in [0.3, 0.4) is 0 Å². The van der Waals surface area contributed by atoms with Crippen LogP contribution in [0.1, 0.15) is 25.3 Å². The van der Waals surface area contributed by atoms with E-state index in [9.17, 15) is 5.11 Å². The van der Waals surface area contributed by atoms with E-state index < -0.39 is 6.10 Å². The maximum atomic E-state index is 10.3. The van der Waals surface area contributed by atoms with Gasteiger partial charge in [-0.3, -0.25) is 4.90 Å². The number of aromatic nitrogens is 4. The molecule has 1 aliphatic rings. The average Bonchev–Trinajstić information content (AvgIpc) is 3.09. The zero-order valence-electron chi connectivity index (χ0n) is 14.7. The number of aliphatic hydroxyl groups is 1. The van der Waals surface area contributed by atoms with Crippen LogP contribution in [-0.2, 0) is 4.74 Å². The van der Waals surface area contributed by atoms with Crippen molar-refractivity contribution in [1.29, 1.82) is 0 Å². The minimum Gasteiger partial charge on any atom is -0.391 e. The lowest BCUT2D eigenvalue weighted by Gasteiger charge is -2.28. The summed E-state index contributed by atoms with van der Waals surface area (Å²) in [5.41, 5.74) is 2.21. The second kappa shape index (κ2) is 8.75. The third-order valence-corrected chi connectivity index (χ3v) is 5.29. The zero-order valence-corrected chi connectivity index (χ0v) is 15.5. The number of thioether (sulfide) groups is 1. The lowest BCUT2D eigenvalue weighted by Crippen LogP contribution is -2.41. The van der Waals surface area contributed by atoms with E-state index in [0.29, 0.717) is 23.4 Å². The van der Waals surface area contributed by atoms with Gasteiger partial charge in [0, 0.05) is 25.4 Å². The molecule has 1 aromatic heterocycles. The van der Waals surface area contributed by atoms with Crippen molar-refractivity contribution < 1.29 is 9.84 Å². The molecule has 0 amide bonds. The largest absolute Gasteiger partial charge is 0.391 e. The van der Waals surface area contributed by atoms with Gasteiger partial charge in [0.25, 0.3) is 0 Å². The Bertz CT molecular complexity index is 655. The van der Waals surface area contributed by atoms with Gasteiger partial charge >= 0.3 is 0 Å². The van der Waals surface area contributed by atoms with Gasteiger partial charge in [-0.25, -0.2) is 0 Å². The first kappa shape index (κ1) is 18.3. The van der Waals surface area contributed by atoms with Gasteiger partial charge in [-0.1, -0.05) is 37.7 Å². The minimum atomic E-state index is -0.420. The Labute approximate surface area is 152 Å². The number of hydrogen-bond acceptors (Lipinski definition) is 7. The smallest absolute Gasteiger partial charge is 0.214 e. The molecule has 1 saturated heterocycles. The molecule has 3 rings (SSSR count). The van der Waals surface area contributed by atoms with Crippen LogP contribution in [0.25, 0.3) is 5.69 Å². The highest BCUT2D eigenvalue weighted by atomic mass is 32.2. The van der Waals surface area contributed by atoms with Crippen molar-refractivity contribution in [2.24, 2.45) is 0 Å². The number of tetrazole rings is 1. The van der Waals surface area contributed by atoms with Crippen molar-refractivity contribution in [3.05, 3.63) is 29.8 Å². The van der Waals surface area contributed by atoms with E-state index in [1.165, 1.54) is 17.3 Å². The third-order valence-electron chi connectivity index (χ3n) is 4.22. The summed E-state index contributed by atoms with van der Waals surface area (Å²) in [7, 11) is 0. The van der Waals surface area contributed by atoms with Crippen molar-refractivity contribution in [1.82, 2.24) is 25.1 Å². The summed E-state index contributed by atoms with van der Waals surface area (Å²) in [5.74, 6) is 1.05. The molecule has 1 fully saturated rings. The van der Waals surface area contributed by atoms with Gasteiger partial charge in [0.15, 0.2) is 0 Å². The molecule has 2 heterocycles. The van der Waals surface area contributed by atoms with Crippen LogP contribution in [-0.4, -0.2) is 74.9 Å². The fourth-order valence-electron chi connectivity index (χ4n) is 2.74. The molecule has 0 aliphatic carbocycles. The monoisotopic (exact) mass is 363 g/mol. The quantitative estimate of drug-likeness (QED) is 0.748. The highest BCUT2D eigenvalue weighted by Crippen LogP contribution is 2.21. The van der Waals surface area contributed by atoms with Crippen molar-refractivity contribution >= 4 is 11.8 Å². The Balaban J connectivity index is 1.57. The van der Waals surface area contributed by atoms with E-state index in [1.807, 2.05) is 12.1 Å². The van der Waals surface area contributed by atoms with Crippen LogP contribution in [0.4, 0.5) is 0 Å². The number of hydrogen-bond donors (Lipinski definition) is 1.